The van der Waals surface area contributed by atoms with Crippen LogP contribution in [0.25, 0.3) is 11.3 Å². The van der Waals surface area contributed by atoms with Crippen LogP contribution in [0.1, 0.15) is 24.2 Å². The Balaban J connectivity index is 2.58. The molecule has 118 valence electrons. The minimum atomic E-state index is -0.0428. The van der Waals surface area contributed by atoms with Crippen molar-refractivity contribution >= 4 is 5.91 Å². The van der Waals surface area contributed by atoms with Gasteiger partial charge >= 0.3 is 0 Å². The summed E-state index contributed by atoms with van der Waals surface area (Å²) in [5.41, 5.74) is 1.25. The van der Waals surface area contributed by atoms with Crippen molar-refractivity contribution in [2.45, 2.75) is 13.8 Å². The Bertz CT molecular complexity index is 630. The number of hydrogen-bond acceptors (Lipinski definition) is 4. The lowest BCUT2D eigenvalue weighted by molar-refractivity contribution is 0.0772. The monoisotopic (exact) mass is 303 g/mol. The highest BCUT2D eigenvalue weighted by Gasteiger charge is 2.21. The van der Waals surface area contributed by atoms with Gasteiger partial charge in [0.25, 0.3) is 5.91 Å². The van der Waals surface area contributed by atoms with Crippen molar-refractivity contribution in [2.24, 2.45) is 0 Å². The number of methoxy groups -OCH3 is 2. The molecule has 0 aliphatic carbocycles. The van der Waals surface area contributed by atoms with Gasteiger partial charge in [0.1, 0.15) is 5.76 Å². The molecule has 0 fully saturated rings. The molecule has 0 aliphatic heterocycles. The number of hydrogen-bond donors (Lipinski definition) is 0. The molecule has 0 spiro atoms. The highest BCUT2D eigenvalue weighted by Crippen LogP contribution is 2.39. The van der Waals surface area contributed by atoms with E-state index in [0.29, 0.717) is 41.5 Å². The van der Waals surface area contributed by atoms with Crippen LogP contribution in [-0.2, 0) is 0 Å². The van der Waals surface area contributed by atoms with E-state index in [2.05, 4.69) is 0 Å². The van der Waals surface area contributed by atoms with Crippen LogP contribution < -0.4 is 9.47 Å². The summed E-state index contributed by atoms with van der Waals surface area (Å²) >= 11 is 0. The number of amides is 1. The summed E-state index contributed by atoms with van der Waals surface area (Å²) in [6.07, 6.45) is 1.58. The van der Waals surface area contributed by atoms with Gasteiger partial charge in [0.2, 0.25) is 0 Å². The van der Waals surface area contributed by atoms with E-state index in [9.17, 15) is 4.79 Å². The quantitative estimate of drug-likeness (QED) is 0.820. The topological polar surface area (TPSA) is 51.9 Å². The first-order valence-corrected chi connectivity index (χ1v) is 7.25. The van der Waals surface area contributed by atoms with Crippen LogP contribution in [0.3, 0.4) is 0 Å². The number of ether oxygens (including phenoxy) is 2. The predicted octanol–water partition coefficient (Wildman–Crippen LogP) is 3.45. The van der Waals surface area contributed by atoms with Gasteiger partial charge in [-0.2, -0.15) is 0 Å². The van der Waals surface area contributed by atoms with Crippen molar-refractivity contribution in [1.82, 2.24) is 4.90 Å². The van der Waals surface area contributed by atoms with Crippen LogP contribution in [0.15, 0.2) is 34.9 Å². The molecular formula is C17H21NO4. The Hall–Kier alpha value is -2.43. The predicted molar refractivity (Wildman–Crippen MR) is 84.5 cm³/mol. The maximum absolute atomic E-state index is 12.6. The van der Waals surface area contributed by atoms with Crippen molar-refractivity contribution in [2.75, 3.05) is 27.3 Å². The van der Waals surface area contributed by atoms with E-state index in [1.165, 1.54) is 0 Å². The van der Waals surface area contributed by atoms with Gasteiger partial charge < -0.3 is 18.8 Å². The molecule has 2 rings (SSSR count). The Morgan fingerprint density at radius 3 is 2.41 bits per heavy atom. The lowest BCUT2D eigenvalue weighted by atomic mass is 10.1. The van der Waals surface area contributed by atoms with Gasteiger partial charge in [-0.15, -0.1) is 0 Å². The summed E-state index contributed by atoms with van der Waals surface area (Å²) in [4.78, 5) is 14.4. The van der Waals surface area contributed by atoms with Crippen LogP contribution in [-0.4, -0.2) is 38.1 Å². The summed E-state index contributed by atoms with van der Waals surface area (Å²) in [6.45, 7) is 5.21. The summed E-state index contributed by atoms with van der Waals surface area (Å²) in [7, 11) is 3.12. The lowest BCUT2D eigenvalue weighted by Gasteiger charge is -2.20. The third-order valence-corrected chi connectivity index (χ3v) is 3.56. The average molecular weight is 303 g/mol. The van der Waals surface area contributed by atoms with Crippen LogP contribution in [0, 0.1) is 0 Å². The van der Waals surface area contributed by atoms with Crippen molar-refractivity contribution < 1.29 is 18.7 Å². The molecular weight excluding hydrogens is 282 g/mol. The zero-order valence-electron chi connectivity index (χ0n) is 13.4. The van der Waals surface area contributed by atoms with E-state index >= 15 is 0 Å². The molecule has 5 heteroatoms. The molecule has 1 amide bonds. The summed E-state index contributed by atoms with van der Waals surface area (Å²) in [5, 5.41) is 0. The fourth-order valence-corrected chi connectivity index (χ4v) is 2.40. The normalized spacial score (nSPS) is 10.4. The number of rotatable bonds is 6. The molecule has 1 aromatic heterocycles. The van der Waals surface area contributed by atoms with Gasteiger partial charge in [0, 0.05) is 18.7 Å². The summed E-state index contributed by atoms with van der Waals surface area (Å²) < 4.78 is 16.3. The van der Waals surface area contributed by atoms with Gasteiger partial charge in [-0.25, -0.2) is 0 Å². The molecule has 5 nitrogen and oxygen atoms in total. The maximum atomic E-state index is 12.6. The van der Waals surface area contributed by atoms with Crippen molar-refractivity contribution in [3.8, 4) is 22.8 Å². The molecule has 0 radical (unpaired) electrons. The first kappa shape index (κ1) is 15.9. The van der Waals surface area contributed by atoms with Gasteiger partial charge in [-0.1, -0.05) is 0 Å². The van der Waals surface area contributed by atoms with Crippen molar-refractivity contribution in [3.63, 3.8) is 0 Å². The molecule has 0 saturated heterocycles. The fraction of sp³-hybridized carbons (Fsp3) is 0.353. The molecule has 0 N–H and O–H groups in total. The van der Waals surface area contributed by atoms with Gasteiger partial charge in [0.15, 0.2) is 11.5 Å². The number of furan rings is 1. The standard InChI is InChI=1S/C17H21NO4/c1-5-18(6-2)17(19)12-10-13(14-8-7-9-22-14)16(21-4)15(11-12)20-3/h7-11H,5-6H2,1-4H3. The van der Waals surface area contributed by atoms with Gasteiger partial charge in [-0.3, -0.25) is 4.79 Å². The zero-order chi connectivity index (χ0) is 16.1. The Morgan fingerprint density at radius 2 is 1.91 bits per heavy atom. The molecule has 0 saturated carbocycles. The Labute approximate surface area is 130 Å². The van der Waals surface area contributed by atoms with Crippen molar-refractivity contribution in [3.05, 3.63) is 36.1 Å². The van der Waals surface area contributed by atoms with Crippen LogP contribution >= 0.6 is 0 Å². The number of carbonyl (C=O) groups is 1. The molecule has 0 bridgehead atoms. The molecule has 1 aromatic carbocycles. The highest BCUT2D eigenvalue weighted by atomic mass is 16.5. The molecule has 0 aliphatic rings. The average Bonchev–Trinajstić information content (AvgIpc) is 3.08. The molecule has 22 heavy (non-hydrogen) atoms. The first-order chi connectivity index (χ1) is 10.7. The first-order valence-electron chi connectivity index (χ1n) is 7.25. The highest BCUT2D eigenvalue weighted by molar-refractivity contribution is 5.96. The van der Waals surface area contributed by atoms with E-state index in [1.54, 1.807) is 43.6 Å². The number of carbonyl (C=O) groups excluding carboxylic acids is 1. The molecule has 0 unspecified atom stereocenters. The zero-order valence-corrected chi connectivity index (χ0v) is 13.4. The Kier molecular flexibility index (Phi) is 5.09. The second-order valence-electron chi connectivity index (χ2n) is 4.71. The summed E-state index contributed by atoms with van der Waals surface area (Å²) in [5.74, 6) is 1.64. The molecule has 0 atom stereocenters. The second kappa shape index (κ2) is 7.02. The van der Waals surface area contributed by atoms with Crippen LogP contribution in [0.2, 0.25) is 0 Å². The third kappa shape index (κ3) is 2.93. The van der Waals surface area contributed by atoms with E-state index in [1.807, 2.05) is 19.9 Å². The van der Waals surface area contributed by atoms with E-state index in [-0.39, 0.29) is 5.91 Å². The largest absolute Gasteiger partial charge is 0.493 e. The van der Waals surface area contributed by atoms with Crippen LogP contribution in [0.4, 0.5) is 0 Å². The van der Waals surface area contributed by atoms with E-state index in [4.69, 9.17) is 13.9 Å². The fourth-order valence-electron chi connectivity index (χ4n) is 2.40. The Morgan fingerprint density at radius 1 is 1.18 bits per heavy atom. The lowest BCUT2D eigenvalue weighted by Crippen LogP contribution is -2.30. The number of benzene rings is 1. The van der Waals surface area contributed by atoms with Gasteiger partial charge in [-0.05, 0) is 38.1 Å². The summed E-state index contributed by atoms with van der Waals surface area (Å²) in [6, 6.07) is 7.09. The molecule has 1 heterocycles. The minimum Gasteiger partial charge on any atom is -0.493 e. The maximum Gasteiger partial charge on any atom is 0.253 e. The van der Waals surface area contributed by atoms with Crippen LogP contribution in [0.5, 0.6) is 11.5 Å². The number of nitrogens with zero attached hydrogens (tertiary/aromatic N) is 1. The third-order valence-electron chi connectivity index (χ3n) is 3.56. The van der Waals surface area contributed by atoms with E-state index in [0.717, 1.165) is 0 Å². The second-order valence-corrected chi connectivity index (χ2v) is 4.71. The smallest absolute Gasteiger partial charge is 0.253 e. The molecule has 2 aromatic rings. The van der Waals surface area contributed by atoms with Crippen molar-refractivity contribution in [1.29, 1.82) is 0 Å². The van der Waals surface area contributed by atoms with E-state index < -0.39 is 0 Å². The van der Waals surface area contributed by atoms with Gasteiger partial charge in [0.05, 0.1) is 26.0 Å². The minimum absolute atomic E-state index is 0.0428. The SMILES string of the molecule is CCN(CC)C(=O)c1cc(OC)c(OC)c(-c2ccco2)c1.